The largest absolute Gasteiger partial charge is 0.356 e. The summed E-state index contributed by atoms with van der Waals surface area (Å²) in [6.45, 7) is 3.49. The number of guanidine groups is 1. The van der Waals surface area contributed by atoms with E-state index in [4.69, 9.17) is 0 Å². The molecular formula is C19H25N3O2S. The molecule has 2 N–H and O–H groups in total. The Kier molecular flexibility index (Phi) is 6.58. The maximum atomic E-state index is 11.5. The monoisotopic (exact) mass is 359 g/mol. The van der Waals surface area contributed by atoms with Crippen molar-refractivity contribution in [2.45, 2.75) is 24.8 Å². The summed E-state index contributed by atoms with van der Waals surface area (Å²) in [5, 5.41) is 6.55. The topological polar surface area (TPSA) is 70.6 Å². The Labute approximate surface area is 150 Å². The molecule has 0 saturated heterocycles. The average molecular weight is 359 g/mol. The quantitative estimate of drug-likeness (QED) is 0.613. The highest BCUT2D eigenvalue weighted by atomic mass is 32.2. The van der Waals surface area contributed by atoms with Crippen molar-refractivity contribution >= 4 is 15.8 Å². The molecule has 0 radical (unpaired) electrons. The third-order valence-corrected chi connectivity index (χ3v) is 4.99. The Balaban J connectivity index is 1.80. The molecule has 0 aliphatic heterocycles. The summed E-state index contributed by atoms with van der Waals surface area (Å²) in [6.07, 6.45) is 2.00. The molecule has 5 nitrogen and oxygen atoms in total. The van der Waals surface area contributed by atoms with Crippen LogP contribution >= 0.6 is 0 Å². The maximum absolute atomic E-state index is 11.5. The first-order chi connectivity index (χ1) is 11.9. The van der Waals surface area contributed by atoms with Gasteiger partial charge in [0.15, 0.2) is 15.8 Å². The second kappa shape index (κ2) is 8.67. The number of hydrogen-bond donors (Lipinski definition) is 2. The molecule has 0 bridgehead atoms. The van der Waals surface area contributed by atoms with Gasteiger partial charge in [0.05, 0.1) is 4.90 Å². The van der Waals surface area contributed by atoms with E-state index in [9.17, 15) is 8.42 Å². The van der Waals surface area contributed by atoms with E-state index in [0.717, 1.165) is 17.9 Å². The summed E-state index contributed by atoms with van der Waals surface area (Å²) in [6, 6.07) is 15.4. The average Bonchev–Trinajstić information content (AvgIpc) is 2.59. The minimum atomic E-state index is -3.14. The van der Waals surface area contributed by atoms with Gasteiger partial charge in [-0.3, -0.25) is 4.99 Å². The summed E-state index contributed by atoms with van der Waals surface area (Å²) < 4.78 is 22.9. The highest BCUT2D eigenvalue weighted by molar-refractivity contribution is 7.90. The lowest BCUT2D eigenvalue weighted by Gasteiger charge is -2.12. The number of aliphatic imine (C=N–C) groups is 1. The molecule has 0 aliphatic carbocycles. The van der Waals surface area contributed by atoms with E-state index in [1.54, 1.807) is 19.2 Å². The first kappa shape index (κ1) is 19.0. The van der Waals surface area contributed by atoms with Gasteiger partial charge in [-0.1, -0.05) is 42.0 Å². The molecule has 6 heteroatoms. The Hall–Kier alpha value is -2.34. The van der Waals surface area contributed by atoms with Gasteiger partial charge in [0.2, 0.25) is 0 Å². The lowest BCUT2D eigenvalue weighted by atomic mass is 10.1. The third kappa shape index (κ3) is 6.23. The highest BCUT2D eigenvalue weighted by Gasteiger charge is 2.06. The van der Waals surface area contributed by atoms with Crippen molar-refractivity contribution < 1.29 is 8.42 Å². The predicted octanol–water partition coefficient (Wildman–Crippen LogP) is 2.31. The van der Waals surface area contributed by atoms with Crippen molar-refractivity contribution in [3.8, 4) is 0 Å². The molecule has 0 amide bonds. The van der Waals surface area contributed by atoms with Crippen molar-refractivity contribution in [3.63, 3.8) is 0 Å². The van der Waals surface area contributed by atoms with Crippen LogP contribution in [0.5, 0.6) is 0 Å². The fourth-order valence-electron chi connectivity index (χ4n) is 2.34. The van der Waals surface area contributed by atoms with Gasteiger partial charge < -0.3 is 10.6 Å². The maximum Gasteiger partial charge on any atom is 0.191 e. The minimum absolute atomic E-state index is 0.347. The molecule has 0 aromatic heterocycles. The van der Waals surface area contributed by atoms with Crippen molar-refractivity contribution in [1.82, 2.24) is 10.6 Å². The number of sulfone groups is 1. The summed E-state index contributed by atoms with van der Waals surface area (Å²) in [4.78, 5) is 4.56. The summed E-state index contributed by atoms with van der Waals surface area (Å²) in [5.41, 5.74) is 3.52. The van der Waals surface area contributed by atoms with E-state index in [0.29, 0.717) is 18.0 Å². The van der Waals surface area contributed by atoms with E-state index in [1.165, 1.54) is 17.4 Å². The van der Waals surface area contributed by atoms with Crippen molar-refractivity contribution in [2.75, 3.05) is 19.8 Å². The first-order valence-corrected chi connectivity index (χ1v) is 10.1. The molecule has 0 spiro atoms. The first-order valence-electron chi connectivity index (χ1n) is 8.17. The summed E-state index contributed by atoms with van der Waals surface area (Å²) in [5.74, 6) is 0.744. The van der Waals surface area contributed by atoms with Crippen LogP contribution in [0.15, 0.2) is 58.4 Å². The Morgan fingerprint density at radius 1 is 0.960 bits per heavy atom. The summed E-state index contributed by atoms with van der Waals surface area (Å²) >= 11 is 0. The van der Waals surface area contributed by atoms with Crippen molar-refractivity contribution in [3.05, 3.63) is 65.2 Å². The zero-order valence-corrected chi connectivity index (χ0v) is 15.7. The number of aryl methyl sites for hydroxylation is 1. The number of nitrogens with zero attached hydrogens (tertiary/aromatic N) is 1. The number of rotatable bonds is 6. The Morgan fingerprint density at radius 3 is 2.12 bits per heavy atom. The molecule has 2 rings (SSSR count). The molecule has 134 valence electrons. The van der Waals surface area contributed by atoms with Crippen LogP contribution in [-0.4, -0.2) is 34.2 Å². The van der Waals surface area contributed by atoms with Gasteiger partial charge in [-0.2, -0.15) is 0 Å². The molecule has 0 heterocycles. The van der Waals surface area contributed by atoms with E-state index in [-0.39, 0.29) is 0 Å². The molecule has 0 unspecified atom stereocenters. The van der Waals surface area contributed by atoms with E-state index in [1.807, 2.05) is 12.1 Å². The van der Waals surface area contributed by atoms with Gasteiger partial charge in [-0.25, -0.2) is 8.42 Å². The van der Waals surface area contributed by atoms with Crippen LogP contribution in [0.1, 0.15) is 16.7 Å². The molecule has 0 saturated carbocycles. The lowest BCUT2D eigenvalue weighted by Crippen LogP contribution is -2.37. The van der Waals surface area contributed by atoms with Crippen LogP contribution in [0, 0.1) is 6.92 Å². The van der Waals surface area contributed by atoms with Crippen LogP contribution in [-0.2, 0) is 22.8 Å². The molecule has 0 aliphatic rings. The SMILES string of the molecule is CN=C(NCCc1ccc(S(C)(=O)=O)cc1)NCc1ccc(C)cc1. The number of hydrogen-bond acceptors (Lipinski definition) is 3. The van der Waals surface area contributed by atoms with Gasteiger partial charge in [0.25, 0.3) is 0 Å². The molecular weight excluding hydrogens is 334 g/mol. The molecule has 25 heavy (non-hydrogen) atoms. The van der Waals surface area contributed by atoms with Crippen LogP contribution in [0.2, 0.25) is 0 Å². The van der Waals surface area contributed by atoms with Crippen LogP contribution in [0.25, 0.3) is 0 Å². The fraction of sp³-hybridized carbons (Fsp3) is 0.316. The van der Waals surface area contributed by atoms with Crippen molar-refractivity contribution in [1.29, 1.82) is 0 Å². The minimum Gasteiger partial charge on any atom is -0.356 e. The van der Waals surface area contributed by atoms with E-state index >= 15 is 0 Å². The zero-order valence-electron chi connectivity index (χ0n) is 14.9. The Bertz CT molecular complexity index is 811. The highest BCUT2D eigenvalue weighted by Crippen LogP contribution is 2.10. The van der Waals surface area contributed by atoms with Crippen LogP contribution < -0.4 is 10.6 Å². The van der Waals surface area contributed by atoms with Crippen LogP contribution in [0.3, 0.4) is 0 Å². The van der Waals surface area contributed by atoms with Gasteiger partial charge in [0, 0.05) is 26.4 Å². The summed E-state index contributed by atoms with van der Waals surface area (Å²) in [7, 11) is -1.40. The lowest BCUT2D eigenvalue weighted by molar-refractivity contribution is 0.602. The predicted molar refractivity (Wildman–Crippen MR) is 103 cm³/mol. The number of nitrogens with one attached hydrogen (secondary N) is 2. The fourth-order valence-corrected chi connectivity index (χ4v) is 2.97. The zero-order chi connectivity index (χ0) is 18.3. The van der Waals surface area contributed by atoms with Gasteiger partial charge in [-0.15, -0.1) is 0 Å². The van der Waals surface area contributed by atoms with Crippen molar-refractivity contribution in [2.24, 2.45) is 4.99 Å². The second-order valence-electron chi connectivity index (χ2n) is 6.00. The van der Waals surface area contributed by atoms with Gasteiger partial charge >= 0.3 is 0 Å². The second-order valence-corrected chi connectivity index (χ2v) is 8.02. The molecule has 0 fully saturated rings. The van der Waals surface area contributed by atoms with Crippen LogP contribution in [0.4, 0.5) is 0 Å². The normalized spacial score (nSPS) is 12.0. The van der Waals surface area contributed by atoms with Gasteiger partial charge in [0.1, 0.15) is 0 Å². The third-order valence-electron chi connectivity index (χ3n) is 3.86. The molecule has 2 aromatic carbocycles. The Morgan fingerprint density at radius 2 is 1.56 bits per heavy atom. The van der Waals surface area contributed by atoms with E-state index in [2.05, 4.69) is 46.8 Å². The molecule has 0 atom stereocenters. The smallest absolute Gasteiger partial charge is 0.191 e. The van der Waals surface area contributed by atoms with E-state index < -0.39 is 9.84 Å². The number of benzene rings is 2. The molecule has 2 aromatic rings. The van der Waals surface area contributed by atoms with Gasteiger partial charge in [-0.05, 0) is 36.6 Å². The standard InChI is InChI=1S/C19H25N3O2S/c1-15-4-6-17(7-5-15)14-22-19(20-2)21-13-12-16-8-10-18(11-9-16)25(3,23)24/h4-11H,12-14H2,1-3H3,(H2,20,21,22).